The number of amides is 2. The van der Waals surface area contributed by atoms with Crippen LogP contribution in [0, 0.1) is 0 Å². The van der Waals surface area contributed by atoms with Gasteiger partial charge in [-0.2, -0.15) is 0 Å². The summed E-state index contributed by atoms with van der Waals surface area (Å²) in [7, 11) is 0. The zero-order valence-electron chi connectivity index (χ0n) is 12.2. The molecule has 0 bridgehead atoms. The third kappa shape index (κ3) is 3.66. The molecule has 0 atom stereocenters. The fourth-order valence-corrected chi connectivity index (χ4v) is 3.02. The molecule has 1 heterocycles. The summed E-state index contributed by atoms with van der Waals surface area (Å²) in [5.74, 6) is -0.215. The topological polar surface area (TPSA) is 58.2 Å². The highest BCUT2D eigenvalue weighted by atomic mass is 35.5. The summed E-state index contributed by atoms with van der Waals surface area (Å²) in [4.78, 5) is 23.4. The zero-order chi connectivity index (χ0) is 16.4. The van der Waals surface area contributed by atoms with E-state index in [1.807, 2.05) is 18.2 Å². The minimum atomic E-state index is -0.232. The van der Waals surface area contributed by atoms with E-state index in [0.29, 0.717) is 35.0 Å². The van der Waals surface area contributed by atoms with E-state index in [2.05, 4.69) is 10.6 Å². The van der Waals surface area contributed by atoms with Gasteiger partial charge in [-0.25, -0.2) is 0 Å². The largest absolute Gasteiger partial charge is 0.352 e. The van der Waals surface area contributed by atoms with Crippen LogP contribution in [0.1, 0.15) is 21.5 Å². The highest BCUT2D eigenvalue weighted by Gasteiger charge is 2.17. The Kier molecular flexibility index (Phi) is 4.55. The third-order valence-corrected chi connectivity index (χ3v) is 4.22. The van der Waals surface area contributed by atoms with Crippen LogP contribution in [0.15, 0.2) is 36.4 Å². The Morgan fingerprint density at radius 3 is 2.78 bits per heavy atom. The van der Waals surface area contributed by atoms with Crippen molar-refractivity contribution >= 4 is 40.7 Å². The maximum atomic E-state index is 12.1. The minimum absolute atomic E-state index is 0.0165. The first-order valence-electron chi connectivity index (χ1n) is 7.18. The summed E-state index contributed by atoms with van der Waals surface area (Å²) in [5.41, 5.74) is 3.35. The summed E-state index contributed by atoms with van der Waals surface area (Å²) in [6, 6.07) is 10.6. The van der Waals surface area contributed by atoms with Crippen molar-refractivity contribution in [1.82, 2.24) is 5.32 Å². The first kappa shape index (κ1) is 15.8. The predicted octanol–water partition coefficient (Wildman–Crippen LogP) is 3.46. The van der Waals surface area contributed by atoms with Gasteiger partial charge in [-0.1, -0.05) is 35.3 Å². The van der Waals surface area contributed by atoms with Crippen LogP contribution in [0.3, 0.4) is 0 Å². The molecule has 0 saturated heterocycles. The van der Waals surface area contributed by atoms with Crippen molar-refractivity contribution in [2.75, 3.05) is 11.9 Å². The van der Waals surface area contributed by atoms with Gasteiger partial charge in [0.15, 0.2) is 0 Å². The lowest BCUT2D eigenvalue weighted by Gasteiger charge is -2.08. The van der Waals surface area contributed by atoms with Crippen LogP contribution in [0.2, 0.25) is 10.0 Å². The Labute approximate surface area is 143 Å². The molecular weight excluding hydrogens is 335 g/mol. The number of benzene rings is 2. The van der Waals surface area contributed by atoms with Gasteiger partial charge in [0.25, 0.3) is 5.91 Å². The normalized spacial score (nSPS) is 12.7. The summed E-state index contributed by atoms with van der Waals surface area (Å²) in [6.45, 7) is 0.484. The van der Waals surface area contributed by atoms with Gasteiger partial charge < -0.3 is 10.6 Å². The molecule has 1 aliphatic heterocycles. The van der Waals surface area contributed by atoms with Crippen molar-refractivity contribution < 1.29 is 9.59 Å². The maximum Gasteiger partial charge on any atom is 0.252 e. The maximum absolute atomic E-state index is 12.1. The number of carbonyl (C=O) groups excluding carboxylic acids is 2. The molecule has 2 aromatic rings. The monoisotopic (exact) mass is 348 g/mol. The van der Waals surface area contributed by atoms with Crippen molar-refractivity contribution in [3.8, 4) is 0 Å². The van der Waals surface area contributed by atoms with Crippen LogP contribution in [0.5, 0.6) is 0 Å². The van der Waals surface area contributed by atoms with Crippen LogP contribution < -0.4 is 10.6 Å². The molecule has 2 amide bonds. The van der Waals surface area contributed by atoms with Crippen LogP contribution in [0.25, 0.3) is 0 Å². The number of rotatable bonds is 4. The zero-order valence-corrected chi connectivity index (χ0v) is 13.7. The molecule has 0 saturated carbocycles. The smallest absolute Gasteiger partial charge is 0.252 e. The van der Waals surface area contributed by atoms with E-state index < -0.39 is 0 Å². The second kappa shape index (κ2) is 6.60. The van der Waals surface area contributed by atoms with Crippen molar-refractivity contribution in [2.45, 2.75) is 12.8 Å². The Hall–Kier alpha value is -2.04. The molecule has 1 aliphatic rings. The molecule has 2 N–H and O–H groups in total. The SMILES string of the molecule is O=C1Cc2cc(CCNC(=O)c3ccc(Cl)cc3Cl)ccc2N1. The molecule has 0 radical (unpaired) electrons. The predicted molar refractivity (Wildman–Crippen MR) is 91.3 cm³/mol. The fourth-order valence-electron chi connectivity index (χ4n) is 2.53. The molecule has 23 heavy (non-hydrogen) atoms. The molecule has 2 aromatic carbocycles. The molecule has 0 aliphatic carbocycles. The molecule has 4 nitrogen and oxygen atoms in total. The summed E-state index contributed by atoms with van der Waals surface area (Å²) >= 11 is 11.8. The Balaban J connectivity index is 1.58. The quantitative estimate of drug-likeness (QED) is 0.888. The van der Waals surface area contributed by atoms with Crippen molar-refractivity contribution in [3.05, 3.63) is 63.1 Å². The number of hydrogen-bond acceptors (Lipinski definition) is 2. The lowest BCUT2D eigenvalue weighted by atomic mass is 10.1. The standard InChI is InChI=1S/C17H14Cl2N2O2/c18-12-2-3-13(14(19)9-12)17(23)20-6-5-10-1-4-15-11(7-10)8-16(22)21-15/h1-4,7,9H,5-6,8H2,(H,20,23)(H,21,22). The number of anilines is 1. The highest BCUT2D eigenvalue weighted by Crippen LogP contribution is 2.24. The van der Waals surface area contributed by atoms with Gasteiger partial charge in [0.2, 0.25) is 5.91 Å². The van der Waals surface area contributed by atoms with Crippen LogP contribution in [-0.2, 0) is 17.6 Å². The lowest BCUT2D eigenvalue weighted by molar-refractivity contribution is -0.115. The number of hydrogen-bond donors (Lipinski definition) is 2. The molecule has 6 heteroatoms. The van der Waals surface area contributed by atoms with Crippen LogP contribution in [0.4, 0.5) is 5.69 Å². The average Bonchev–Trinajstić information content (AvgIpc) is 2.86. The van der Waals surface area contributed by atoms with Gasteiger partial charge >= 0.3 is 0 Å². The second-order valence-electron chi connectivity index (χ2n) is 5.35. The first-order chi connectivity index (χ1) is 11.0. The molecule has 0 spiro atoms. The lowest BCUT2D eigenvalue weighted by Crippen LogP contribution is -2.26. The van der Waals surface area contributed by atoms with E-state index >= 15 is 0 Å². The van der Waals surface area contributed by atoms with E-state index in [-0.39, 0.29) is 11.8 Å². The fraction of sp³-hybridized carbons (Fsp3) is 0.176. The van der Waals surface area contributed by atoms with Gasteiger partial charge in [-0.15, -0.1) is 0 Å². The minimum Gasteiger partial charge on any atom is -0.352 e. The molecular formula is C17H14Cl2N2O2. The Morgan fingerprint density at radius 1 is 1.17 bits per heavy atom. The van der Waals surface area contributed by atoms with E-state index in [1.165, 1.54) is 0 Å². The Morgan fingerprint density at radius 2 is 2.00 bits per heavy atom. The number of nitrogens with one attached hydrogen (secondary N) is 2. The van der Waals surface area contributed by atoms with Crippen molar-refractivity contribution in [3.63, 3.8) is 0 Å². The highest BCUT2D eigenvalue weighted by molar-refractivity contribution is 6.36. The summed E-state index contributed by atoms with van der Waals surface area (Å²) < 4.78 is 0. The first-order valence-corrected chi connectivity index (χ1v) is 7.93. The van der Waals surface area contributed by atoms with Gasteiger partial charge in [-0.3, -0.25) is 9.59 Å². The van der Waals surface area contributed by atoms with Gasteiger partial charge in [0.05, 0.1) is 17.0 Å². The molecule has 3 rings (SSSR count). The number of fused-ring (bicyclic) bond motifs is 1. The van der Waals surface area contributed by atoms with E-state index in [1.54, 1.807) is 18.2 Å². The average molecular weight is 349 g/mol. The third-order valence-electron chi connectivity index (χ3n) is 3.67. The van der Waals surface area contributed by atoms with E-state index in [4.69, 9.17) is 23.2 Å². The van der Waals surface area contributed by atoms with E-state index in [0.717, 1.165) is 16.8 Å². The number of carbonyl (C=O) groups is 2. The summed E-state index contributed by atoms with van der Waals surface area (Å²) in [5, 5.41) is 6.46. The Bertz CT molecular complexity index is 790. The summed E-state index contributed by atoms with van der Waals surface area (Å²) in [6.07, 6.45) is 1.09. The van der Waals surface area contributed by atoms with Crippen LogP contribution in [-0.4, -0.2) is 18.4 Å². The van der Waals surface area contributed by atoms with Gasteiger partial charge in [0.1, 0.15) is 0 Å². The van der Waals surface area contributed by atoms with Gasteiger partial charge in [-0.05, 0) is 41.8 Å². The molecule has 0 fully saturated rings. The second-order valence-corrected chi connectivity index (χ2v) is 6.19. The van der Waals surface area contributed by atoms with Crippen molar-refractivity contribution in [2.24, 2.45) is 0 Å². The van der Waals surface area contributed by atoms with Crippen molar-refractivity contribution in [1.29, 1.82) is 0 Å². The van der Waals surface area contributed by atoms with Crippen LogP contribution >= 0.6 is 23.2 Å². The molecule has 0 aromatic heterocycles. The molecule has 118 valence electrons. The molecule has 0 unspecified atom stereocenters. The van der Waals surface area contributed by atoms with Gasteiger partial charge in [0, 0.05) is 17.3 Å². The van der Waals surface area contributed by atoms with E-state index in [9.17, 15) is 9.59 Å². The number of halogens is 2.